The minimum absolute atomic E-state index is 0.00646. The molecule has 0 amide bonds. The van der Waals surface area contributed by atoms with Gasteiger partial charge in [0.25, 0.3) is 0 Å². The van der Waals surface area contributed by atoms with Gasteiger partial charge in [-0.15, -0.1) is 11.8 Å². The zero-order chi connectivity index (χ0) is 20.7. The zero-order valence-electron chi connectivity index (χ0n) is 17.4. The summed E-state index contributed by atoms with van der Waals surface area (Å²) in [6.45, 7) is 11.8. The van der Waals surface area contributed by atoms with E-state index >= 15 is 0 Å². The molecule has 2 atom stereocenters. The highest BCUT2D eigenvalue weighted by Gasteiger charge is 2.44. The lowest BCUT2D eigenvalue weighted by Gasteiger charge is -2.38. The maximum absolute atomic E-state index is 3.77. The van der Waals surface area contributed by atoms with Crippen LogP contribution in [0.2, 0.25) is 0 Å². The lowest BCUT2D eigenvalue weighted by molar-refractivity contribution is 0.392. The summed E-state index contributed by atoms with van der Waals surface area (Å²) in [4.78, 5) is 0. The van der Waals surface area contributed by atoms with E-state index in [9.17, 15) is 0 Å². The molecule has 0 spiro atoms. The first-order chi connectivity index (χ1) is 13.7. The lowest BCUT2D eigenvalue weighted by atomic mass is 9.65. The second kappa shape index (κ2) is 6.73. The first-order valence-electron chi connectivity index (χ1n) is 10.1. The van der Waals surface area contributed by atoms with Crippen molar-refractivity contribution in [2.24, 2.45) is 5.41 Å². The predicted octanol–water partition coefficient (Wildman–Crippen LogP) is 8.84. The van der Waals surface area contributed by atoms with Gasteiger partial charge in [0, 0.05) is 15.8 Å². The van der Waals surface area contributed by atoms with Crippen LogP contribution in [0.15, 0.2) is 83.7 Å². The smallest absolute Gasteiger partial charge is 0.0542 e. The van der Waals surface area contributed by atoms with Crippen molar-refractivity contribution in [1.82, 2.24) is 0 Å². The van der Waals surface area contributed by atoms with Crippen LogP contribution in [-0.2, 0) is 0 Å². The SMILES string of the molecule is CC1=Cc2c(Br)cccc2C1C(C)(C)C1=C(C)C=C2C1=CC1SC(Br)=CC1=C2C. The van der Waals surface area contributed by atoms with Crippen LogP contribution in [0.5, 0.6) is 0 Å². The van der Waals surface area contributed by atoms with Gasteiger partial charge in [-0.3, -0.25) is 0 Å². The molecule has 1 aromatic rings. The molecule has 1 heterocycles. The minimum atomic E-state index is 0.00646. The summed E-state index contributed by atoms with van der Waals surface area (Å²) in [7, 11) is 0. The highest BCUT2D eigenvalue weighted by molar-refractivity contribution is 9.14. The average Bonchev–Trinajstić information content (AvgIpc) is 3.28. The predicted molar refractivity (Wildman–Crippen MR) is 134 cm³/mol. The third-order valence-electron chi connectivity index (χ3n) is 6.88. The van der Waals surface area contributed by atoms with Crippen molar-refractivity contribution in [3.63, 3.8) is 0 Å². The molecule has 1 aliphatic heterocycles. The molecule has 0 nitrogen and oxygen atoms in total. The van der Waals surface area contributed by atoms with E-state index < -0.39 is 0 Å². The van der Waals surface area contributed by atoms with E-state index in [-0.39, 0.29) is 5.41 Å². The molecule has 0 fully saturated rings. The van der Waals surface area contributed by atoms with Gasteiger partial charge in [-0.25, -0.2) is 0 Å². The maximum Gasteiger partial charge on any atom is 0.0542 e. The molecular weight excluding hydrogens is 504 g/mol. The first-order valence-corrected chi connectivity index (χ1v) is 12.5. The van der Waals surface area contributed by atoms with Crippen molar-refractivity contribution in [2.45, 2.75) is 45.8 Å². The fraction of sp³-hybridized carbons (Fsp3) is 0.308. The molecule has 0 saturated carbocycles. The van der Waals surface area contributed by atoms with E-state index in [1.807, 2.05) is 11.8 Å². The van der Waals surface area contributed by atoms with Crippen LogP contribution in [0.3, 0.4) is 0 Å². The maximum atomic E-state index is 3.77. The first kappa shape index (κ1) is 19.9. The molecule has 29 heavy (non-hydrogen) atoms. The van der Waals surface area contributed by atoms with Gasteiger partial charge in [-0.2, -0.15) is 0 Å². The Morgan fingerprint density at radius 3 is 2.48 bits per heavy atom. The topological polar surface area (TPSA) is 0 Å². The number of thioether (sulfide) groups is 1. The van der Waals surface area contributed by atoms with Crippen molar-refractivity contribution in [1.29, 1.82) is 0 Å². The van der Waals surface area contributed by atoms with Gasteiger partial charge in [0.1, 0.15) is 0 Å². The Bertz CT molecular complexity index is 1150. The summed E-state index contributed by atoms with van der Waals surface area (Å²) in [6.07, 6.45) is 9.60. The number of hydrogen-bond donors (Lipinski definition) is 0. The third kappa shape index (κ3) is 2.84. The Balaban J connectivity index is 1.61. The van der Waals surface area contributed by atoms with Crippen LogP contribution >= 0.6 is 43.6 Å². The number of fused-ring (bicyclic) bond motifs is 3. The van der Waals surface area contributed by atoms with Crippen LogP contribution < -0.4 is 0 Å². The standard InChI is InChI=1S/C26H24Br2S/c1-13-9-17-15(3)18-12-23(28)29-22(18)11-20(17)25(13)26(4,5)24-14(2)10-19-16(24)7-6-8-21(19)27/h6-12,22,24H,1-5H3. The lowest BCUT2D eigenvalue weighted by Crippen LogP contribution is -2.27. The number of hydrogen-bond acceptors (Lipinski definition) is 1. The Morgan fingerprint density at radius 2 is 1.72 bits per heavy atom. The number of halogens is 2. The van der Waals surface area contributed by atoms with Gasteiger partial charge < -0.3 is 0 Å². The number of benzene rings is 1. The molecular formula is C26H24Br2S. The van der Waals surface area contributed by atoms with Gasteiger partial charge in [0.15, 0.2) is 0 Å². The molecule has 0 saturated heterocycles. The van der Waals surface area contributed by atoms with Crippen LogP contribution in [-0.4, -0.2) is 5.25 Å². The van der Waals surface area contributed by atoms with E-state index in [1.165, 1.54) is 58.4 Å². The van der Waals surface area contributed by atoms with Crippen LogP contribution in [0.25, 0.3) is 6.08 Å². The van der Waals surface area contributed by atoms with Gasteiger partial charge in [-0.1, -0.05) is 65.7 Å². The summed E-state index contributed by atoms with van der Waals surface area (Å²) in [5.74, 6) is 0.389. The molecule has 5 rings (SSSR count). The molecule has 148 valence electrons. The minimum Gasteiger partial charge on any atom is -0.106 e. The Hall–Kier alpha value is -1.03. The molecule has 0 radical (unpaired) electrons. The molecule has 3 heteroatoms. The second-order valence-electron chi connectivity index (χ2n) is 9.05. The van der Waals surface area contributed by atoms with Crippen molar-refractivity contribution in [2.75, 3.05) is 0 Å². The second-order valence-corrected chi connectivity index (χ2v) is 12.5. The summed E-state index contributed by atoms with van der Waals surface area (Å²) in [5, 5.41) is 0.426. The van der Waals surface area contributed by atoms with E-state index in [1.54, 1.807) is 0 Å². The van der Waals surface area contributed by atoms with Crippen molar-refractivity contribution in [3.05, 3.63) is 94.9 Å². The van der Waals surface area contributed by atoms with E-state index in [0.717, 1.165) is 0 Å². The highest BCUT2D eigenvalue weighted by atomic mass is 79.9. The third-order valence-corrected chi connectivity index (χ3v) is 9.34. The Labute approximate surface area is 194 Å². The summed E-state index contributed by atoms with van der Waals surface area (Å²) in [5.41, 5.74) is 12.9. The summed E-state index contributed by atoms with van der Waals surface area (Å²) in [6, 6.07) is 6.64. The number of allylic oxidation sites excluding steroid dienone is 8. The number of rotatable bonds is 2. The van der Waals surface area contributed by atoms with Crippen molar-refractivity contribution < 1.29 is 0 Å². The van der Waals surface area contributed by atoms with E-state index in [0.29, 0.717) is 11.2 Å². The molecule has 0 aromatic heterocycles. The van der Waals surface area contributed by atoms with E-state index in [4.69, 9.17) is 0 Å². The fourth-order valence-electron chi connectivity index (χ4n) is 5.84. The average molecular weight is 528 g/mol. The van der Waals surface area contributed by atoms with Gasteiger partial charge in [-0.05, 0) is 93.4 Å². The van der Waals surface area contributed by atoms with Gasteiger partial charge in [0.2, 0.25) is 0 Å². The quantitative estimate of drug-likeness (QED) is 0.370. The summed E-state index contributed by atoms with van der Waals surface area (Å²) < 4.78 is 2.44. The monoisotopic (exact) mass is 526 g/mol. The fourth-order valence-corrected chi connectivity index (χ4v) is 8.20. The van der Waals surface area contributed by atoms with Gasteiger partial charge >= 0.3 is 0 Å². The summed E-state index contributed by atoms with van der Waals surface area (Å²) >= 11 is 9.39. The zero-order valence-corrected chi connectivity index (χ0v) is 21.3. The molecule has 4 aliphatic rings. The molecule has 0 N–H and O–H groups in total. The molecule has 3 aliphatic carbocycles. The molecule has 1 aromatic carbocycles. The van der Waals surface area contributed by atoms with Gasteiger partial charge in [0.05, 0.1) is 9.06 Å². The highest BCUT2D eigenvalue weighted by Crippen LogP contribution is 2.59. The van der Waals surface area contributed by atoms with Crippen molar-refractivity contribution in [3.8, 4) is 0 Å². The van der Waals surface area contributed by atoms with Crippen LogP contribution in [0.1, 0.15) is 51.7 Å². The van der Waals surface area contributed by atoms with Crippen LogP contribution in [0, 0.1) is 5.41 Å². The van der Waals surface area contributed by atoms with Crippen LogP contribution in [0.4, 0.5) is 0 Å². The largest absolute Gasteiger partial charge is 0.106 e. The Morgan fingerprint density at radius 1 is 0.966 bits per heavy atom. The normalized spacial score (nSPS) is 25.5. The molecule has 0 bridgehead atoms. The Kier molecular flexibility index (Phi) is 4.62. The van der Waals surface area contributed by atoms with Crippen molar-refractivity contribution >= 4 is 49.7 Å². The molecule has 2 unspecified atom stereocenters. The van der Waals surface area contributed by atoms with E-state index in [2.05, 4.69) is 109 Å².